The number of carbonyl (C=O) groups excluding carboxylic acids is 1. The maximum absolute atomic E-state index is 12.2. The molecular formula is C13H19BrN4O2. The van der Waals surface area contributed by atoms with E-state index in [9.17, 15) is 4.79 Å². The molecule has 1 aromatic heterocycles. The zero-order valence-corrected chi connectivity index (χ0v) is 13.3. The summed E-state index contributed by atoms with van der Waals surface area (Å²) in [7, 11) is 1.58. The zero-order valence-electron chi connectivity index (χ0n) is 11.8. The Balaban J connectivity index is 1.92. The van der Waals surface area contributed by atoms with Gasteiger partial charge in [-0.2, -0.15) is 0 Å². The lowest BCUT2D eigenvalue weighted by atomic mass is 10.2. The molecule has 2 rings (SSSR count). The molecule has 0 radical (unpaired) electrons. The van der Waals surface area contributed by atoms with E-state index in [1.165, 1.54) is 0 Å². The van der Waals surface area contributed by atoms with Crippen LogP contribution >= 0.6 is 15.9 Å². The van der Waals surface area contributed by atoms with E-state index >= 15 is 0 Å². The standard InChI is InChI=1S/C13H19BrN4O2/c1-3-11(20-2)12(19)17-4-6-18(7-5-17)13-15-8-10(14)9-16-13/h8-9,11H,3-7H2,1-2H3/t11-/m0/s1. The minimum atomic E-state index is -0.328. The Morgan fingerprint density at radius 2 is 1.95 bits per heavy atom. The maximum Gasteiger partial charge on any atom is 0.251 e. The quantitative estimate of drug-likeness (QED) is 0.825. The molecule has 1 atom stereocenters. The first-order chi connectivity index (χ1) is 9.65. The van der Waals surface area contributed by atoms with Crippen molar-refractivity contribution in [3.05, 3.63) is 16.9 Å². The van der Waals surface area contributed by atoms with Crippen LogP contribution in [0.3, 0.4) is 0 Å². The van der Waals surface area contributed by atoms with E-state index in [2.05, 4.69) is 30.8 Å². The number of carbonyl (C=O) groups is 1. The smallest absolute Gasteiger partial charge is 0.251 e. The van der Waals surface area contributed by atoms with Gasteiger partial charge in [-0.05, 0) is 22.4 Å². The van der Waals surface area contributed by atoms with Crippen molar-refractivity contribution in [2.75, 3.05) is 38.2 Å². The number of anilines is 1. The van der Waals surface area contributed by atoms with Crippen LogP contribution in [-0.2, 0) is 9.53 Å². The molecule has 0 saturated carbocycles. The molecule has 0 aromatic carbocycles. The van der Waals surface area contributed by atoms with Gasteiger partial charge in [0.25, 0.3) is 5.91 Å². The molecule has 6 nitrogen and oxygen atoms in total. The Morgan fingerprint density at radius 3 is 2.45 bits per heavy atom. The topological polar surface area (TPSA) is 58.6 Å². The summed E-state index contributed by atoms with van der Waals surface area (Å²) >= 11 is 3.32. The van der Waals surface area contributed by atoms with Gasteiger partial charge in [0.05, 0.1) is 4.47 Å². The SMILES string of the molecule is CC[C@H](OC)C(=O)N1CCN(c2ncc(Br)cn2)CC1. The van der Waals surface area contributed by atoms with E-state index in [0.29, 0.717) is 25.5 Å². The number of piperazine rings is 1. The first kappa shape index (κ1) is 15.2. The lowest BCUT2D eigenvalue weighted by Gasteiger charge is -2.36. The highest BCUT2D eigenvalue weighted by Gasteiger charge is 2.27. The molecule has 20 heavy (non-hydrogen) atoms. The van der Waals surface area contributed by atoms with Gasteiger partial charge in [0.1, 0.15) is 6.10 Å². The van der Waals surface area contributed by atoms with Crippen molar-refractivity contribution in [2.24, 2.45) is 0 Å². The van der Waals surface area contributed by atoms with Crippen LogP contribution in [0.15, 0.2) is 16.9 Å². The predicted molar refractivity (Wildman–Crippen MR) is 79.6 cm³/mol. The van der Waals surface area contributed by atoms with Gasteiger partial charge in [-0.25, -0.2) is 9.97 Å². The normalized spacial score (nSPS) is 17.1. The van der Waals surface area contributed by atoms with Crippen LogP contribution < -0.4 is 4.90 Å². The molecule has 1 aliphatic heterocycles. The third-order valence-electron chi connectivity index (χ3n) is 3.41. The van der Waals surface area contributed by atoms with Gasteiger partial charge in [0.2, 0.25) is 5.95 Å². The number of rotatable bonds is 4. The molecule has 0 spiro atoms. The highest BCUT2D eigenvalue weighted by atomic mass is 79.9. The monoisotopic (exact) mass is 342 g/mol. The van der Waals surface area contributed by atoms with Crippen molar-refractivity contribution in [1.29, 1.82) is 0 Å². The van der Waals surface area contributed by atoms with Gasteiger partial charge >= 0.3 is 0 Å². The first-order valence-electron chi connectivity index (χ1n) is 6.69. The Labute approximate surface area is 127 Å². The molecular weight excluding hydrogens is 324 g/mol. The number of halogens is 1. The minimum Gasteiger partial charge on any atom is -0.372 e. The van der Waals surface area contributed by atoms with Crippen LogP contribution in [0, 0.1) is 0 Å². The third-order valence-corrected chi connectivity index (χ3v) is 3.82. The van der Waals surface area contributed by atoms with Crippen LogP contribution in [0.4, 0.5) is 5.95 Å². The minimum absolute atomic E-state index is 0.0753. The van der Waals surface area contributed by atoms with Crippen LogP contribution in [0.25, 0.3) is 0 Å². The lowest BCUT2D eigenvalue weighted by Crippen LogP contribution is -2.52. The van der Waals surface area contributed by atoms with E-state index in [0.717, 1.165) is 17.6 Å². The van der Waals surface area contributed by atoms with Gasteiger partial charge in [-0.3, -0.25) is 4.79 Å². The molecule has 0 bridgehead atoms. The number of aromatic nitrogens is 2. The zero-order chi connectivity index (χ0) is 14.5. The van der Waals surface area contributed by atoms with Crippen molar-refractivity contribution in [1.82, 2.24) is 14.9 Å². The summed E-state index contributed by atoms with van der Waals surface area (Å²) in [4.78, 5) is 24.7. The number of methoxy groups -OCH3 is 1. The molecule has 2 heterocycles. The fourth-order valence-corrected chi connectivity index (χ4v) is 2.45. The fraction of sp³-hybridized carbons (Fsp3) is 0.615. The third kappa shape index (κ3) is 3.46. The molecule has 7 heteroatoms. The van der Waals surface area contributed by atoms with Crippen LogP contribution in [0.1, 0.15) is 13.3 Å². The summed E-state index contributed by atoms with van der Waals surface area (Å²) in [6.07, 6.45) is 3.84. The average molecular weight is 343 g/mol. The molecule has 1 aromatic rings. The second-order valence-electron chi connectivity index (χ2n) is 4.65. The fourth-order valence-electron chi connectivity index (χ4n) is 2.24. The van der Waals surface area contributed by atoms with Gasteiger partial charge in [0, 0.05) is 45.7 Å². The van der Waals surface area contributed by atoms with E-state index in [4.69, 9.17) is 4.74 Å². The number of amides is 1. The molecule has 0 unspecified atom stereocenters. The van der Waals surface area contributed by atoms with E-state index < -0.39 is 0 Å². The molecule has 1 saturated heterocycles. The Bertz CT molecular complexity index is 442. The Hall–Kier alpha value is -1.21. The van der Waals surface area contributed by atoms with Crippen molar-refractivity contribution < 1.29 is 9.53 Å². The molecule has 110 valence electrons. The van der Waals surface area contributed by atoms with E-state index in [-0.39, 0.29) is 12.0 Å². The first-order valence-corrected chi connectivity index (χ1v) is 7.49. The van der Waals surface area contributed by atoms with Crippen LogP contribution in [-0.4, -0.2) is 60.2 Å². The highest BCUT2D eigenvalue weighted by Crippen LogP contribution is 2.14. The van der Waals surface area contributed by atoms with Gasteiger partial charge in [-0.15, -0.1) is 0 Å². The Kier molecular flexibility index (Phi) is 5.31. The average Bonchev–Trinajstić information content (AvgIpc) is 2.49. The van der Waals surface area contributed by atoms with Crippen molar-refractivity contribution >= 4 is 27.8 Å². The lowest BCUT2D eigenvalue weighted by molar-refractivity contribution is -0.142. The number of nitrogens with zero attached hydrogens (tertiary/aromatic N) is 4. The van der Waals surface area contributed by atoms with Crippen molar-refractivity contribution in [2.45, 2.75) is 19.4 Å². The number of hydrogen-bond donors (Lipinski definition) is 0. The molecule has 0 aliphatic carbocycles. The number of ether oxygens (including phenoxy) is 1. The van der Waals surface area contributed by atoms with Crippen molar-refractivity contribution in [3.8, 4) is 0 Å². The van der Waals surface area contributed by atoms with Gasteiger partial charge < -0.3 is 14.5 Å². The van der Waals surface area contributed by atoms with Crippen LogP contribution in [0.5, 0.6) is 0 Å². The van der Waals surface area contributed by atoms with Crippen LogP contribution in [0.2, 0.25) is 0 Å². The highest BCUT2D eigenvalue weighted by molar-refractivity contribution is 9.10. The molecule has 0 N–H and O–H groups in total. The van der Waals surface area contributed by atoms with Crippen molar-refractivity contribution in [3.63, 3.8) is 0 Å². The Morgan fingerprint density at radius 1 is 1.35 bits per heavy atom. The van der Waals surface area contributed by atoms with E-state index in [1.54, 1.807) is 19.5 Å². The van der Waals surface area contributed by atoms with Gasteiger partial charge in [0.15, 0.2) is 0 Å². The summed E-state index contributed by atoms with van der Waals surface area (Å²) in [5.41, 5.74) is 0. The summed E-state index contributed by atoms with van der Waals surface area (Å²) in [6, 6.07) is 0. The molecule has 1 aliphatic rings. The molecule has 1 amide bonds. The maximum atomic E-state index is 12.2. The summed E-state index contributed by atoms with van der Waals surface area (Å²) < 4.78 is 6.07. The second kappa shape index (κ2) is 6.99. The number of hydrogen-bond acceptors (Lipinski definition) is 5. The van der Waals surface area contributed by atoms with Gasteiger partial charge in [-0.1, -0.05) is 6.92 Å². The largest absolute Gasteiger partial charge is 0.372 e. The van der Waals surface area contributed by atoms with E-state index in [1.807, 2.05) is 11.8 Å². The summed E-state index contributed by atoms with van der Waals surface area (Å²) in [5, 5.41) is 0. The molecule has 1 fully saturated rings. The summed E-state index contributed by atoms with van der Waals surface area (Å²) in [5.74, 6) is 0.783. The summed E-state index contributed by atoms with van der Waals surface area (Å²) in [6.45, 7) is 4.80. The second-order valence-corrected chi connectivity index (χ2v) is 5.56. The predicted octanol–water partition coefficient (Wildman–Crippen LogP) is 1.31.